The molecular weight excluding hydrogens is 328 g/mol. The van der Waals surface area contributed by atoms with Crippen molar-refractivity contribution < 1.29 is 4.74 Å². The monoisotopic (exact) mass is 344 g/mol. The largest absolute Gasteiger partial charge is 0.438 e. The van der Waals surface area contributed by atoms with E-state index in [1.54, 1.807) is 30.9 Å². The Morgan fingerprint density at radius 2 is 1.96 bits per heavy atom. The molecule has 0 bridgehead atoms. The number of aromatic nitrogens is 4. The fraction of sp³-hybridized carbons (Fsp3) is 0.100. The molecule has 0 aliphatic rings. The summed E-state index contributed by atoms with van der Waals surface area (Å²) in [5.41, 5.74) is 2.31. The van der Waals surface area contributed by atoms with Crippen molar-refractivity contribution in [3.8, 4) is 22.9 Å². The molecule has 3 aromatic heterocycles. The summed E-state index contributed by atoms with van der Waals surface area (Å²) in [6.07, 6.45) is 5.63. The highest BCUT2D eigenvalue weighted by atomic mass is 16.5. The zero-order chi connectivity index (χ0) is 17.9. The average Bonchev–Trinajstić information content (AvgIpc) is 2.69. The molecule has 6 nitrogen and oxygen atoms in total. The van der Waals surface area contributed by atoms with E-state index in [0.717, 1.165) is 28.8 Å². The molecule has 0 amide bonds. The Labute approximate surface area is 149 Å². The van der Waals surface area contributed by atoms with Gasteiger partial charge in [-0.1, -0.05) is 13.0 Å². The Bertz CT molecular complexity index is 1140. The van der Waals surface area contributed by atoms with Gasteiger partial charge in [-0.2, -0.15) is 0 Å². The van der Waals surface area contributed by atoms with E-state index in [1.807, 2.05) is 37.3 Å². The lowest BCUT2D eigenvalue weighted by Gasteiger charge is -2.11. The molecule has 0 fully saturated rings. The second-order valence-electron chi connectivity index (χ2n) is 5.73. The van der Waals surface area contributed by atoms with E-state index >= 15 is 0 Å². The van der Waals surface area contributed by atoms with Gasteiger partial charge in [0.15, 0.2) is 0 Å². The number of hydrogen-bond acceptors (Lipinski definition) is 5. The number of hydrogen-bond donors (Lipinski definition) is 1. The zero-order valence-electron chi connectivity index (χ0n) is 14.1. The van der Waals surface area contributed by atoms with Crippen LogP contribution < -0.4 is 10.3 Å². The normalized spacial score (nSPS) is 10.8. The van der Waals surface area contributed by atoms with Crippen LogP contribution in [0.1, 0.15) is 12.6 Å². The van der Waals surface area contributed by atoms with E-state index in [0.29, 0.717) is 17.0 Å². The summed E-state index contributed by atoms with van der Waals surface area (Å²) in [4.78, 5) is 27.6. The second kappa shape index (κ2) is 6.76. The van der Waals surface area contributed by atoms with E-state index in [9.17, 15) is 4.79 Å². The van der Waals surface area contributed by atoms with Gasteiger partial charge in [0.25, 0.3) is 5.56 Å². The van der Waals surface area contributed by atoms with Crippen molar-refractivity contribution in [2.24, 2.45) is 0 Å². The first-order valence-corrected chi connectivity index (χ1v) is 8.31. The first-order valence-electron chi connectivity index (χ1n) is 8.31. The first-order chi connectivity index (χ1) is 12.8. The molecule has 128 valence electrons. The van der Waals surface area contributed by atoms with Gasteiger partial charge in [-0.3, -0.25) is 4.79 Å². The van der Waals surface area contributed by atoms with Gasteiger partial charge < -0.3 is 9.72 Å². The Balaban J connectivity index is 1.81. The molecule has 26 heavy (non-hydrogen) atoms. The summed E-state index contributed by atoms with van der Waals surface area (Å²) >= 11 is 0. The van der Waals surface area contributed by atoms with Crippen LogP contribution >= 0.6 is 0 Å². The summed E-state index contributed by atoms with van der Waals surface area (Å²) < 4.78 is 6.08. The number of H-pyrrole nitrogens is 1. The van der Waals surface area contributed by atoms with Gasteiger partial charge in [0.05, 0.1) is 16.6 Å². The minimum absolute atomic E-state index is 0.155. The maximum Gasteiger partial charge on any atom is 0.255 e. The zero-order valence-corrected chi connectivity index (χ0v) is 14.1. The minimum atomic E-state index is -0.155. The van der Waals surface area contributed by atoms with E-state index in [4.69, 9.17) is 4.74 Å². The Hall–Kier alpha value is -3.54. The molecule has 0 saturated heterocycles. The third-order valence-electron chi connectivity index (χ3n) is 4.11. The lowest BCUT2D eigenvalue weighted by Crippen LogP contribution is -2.04. The third-order valence-corrected chi connectivity index (χ3v) is 4.11. The van der Waals surface area contributed by atoms with Gasteiger partial charge in [-0.25, -0.2) is 15.0 Å². The molecule has 3 heterocycles. The van der Waals surface area contributed by atoms with Gasteiger partial charge in [0, 0.05) is 23.5 Å². The van der Waals surface area contributed by atoms with Crippen molar-refractivity contribution in [2.45, 2.75) is 13.3 Å². The van der Waals surface area contributed by atoms with E-state index in [1.165, 1.54) is 0 Å². The van der Waals surface area contributed by atoms with Crippen LogP contribution in [0.3, 0.4) is 0 Å². The predicted molar refractivity (Wildman–Crippen MR) is 99.3 cm³/mol. The quantitative estimate of drug-likeness (QED) is 0.610. The molecule has 4 aromatic rings. The Kier molecular flexibility index (Phi) is 4.15. The molecule has 0 spiro atoms. The molecule has 0 radical (unpaired) electrons. The number of pyridine rings is 2. The molecule has 0 aliphatic heterocycles. The number of ether oxygens (including phenoxy) is 1. The van der Waals surface area contributed by atoms with Gasteiger partial charge in [0.1, 0.15) is 12.1 Å². The van der Waals surface area contributed by atoms with Crippen molar-refractivity contribution in [1.29, 1.82) is 0 Å². The fourth-order valence-corrected chi connectivity index (χ4v) is 2.79. The van der Waals surface area contributed by atoms with Gasteiger partial charge >= 0.3 is 0 Å². The lowest BCUT2D eigenvalue weighted by atomic mass is 10.1. The highest BCUT2D eigenvalue weighted by Crippen LogP contribution is 2.33. The van der Waals surface area contributed by atoms with E-state index in [2.05, 4.69) is 19.9 Å². The third kappa shape index (κ3) is 2.93. The van der Waals surface area contributed by atoms with Crippen LogP contribution in [-0.4, -0.2) is 19.9 Å². The van der Waals surface area contributed by atoms with Crippen LogP contribution in [0.2, 0.25) is 0 Å². The van der Waals surface area contributed by atoms with Crippen molar-refractivity contribution in [1.82, 2.24) is 19.9 Å². The number of aryl methyl sites for hydroxylation is 1. The molecular formula is C20H16N4O2. The second-order valence-corrected chi connectivity index (χ2v) is 5.73. The molecule has 4 rings (SSSR count). The van der Waals surface area contributed by atoms with Gasteiger partial charge in [-0.15, -0.1) is 0 Å². The van der Waals surface area contributed by atoms with Crippen molar-refractivity contribution in [3.63, 3.8) is 0 Å². The summed E-state index contributed by atoms with van der Waals surface area (Å²) in [6.45, 7) is 2.04. The number of nitrogens with one attached hydrogen (secondary N) is 1. The molecule has 0 saturated carbocycles. The highest BCUT2D eigenvalue weighted by Gasteiger charge is 2.12. The molecule has 1 aromatic carbocycles. The maximum atomic E-state index is 12.0. The molecule has 0 aliphatic carbocycles. The van der Waals surface area contributed by atoms with Crippen LogP contribution in [0.25, 0.3) is 22.0 Å². The molecule has 1 N–H and O–H groups in total. The summed E-state index contributed by atoms with van der Waals surface area (Å²) in [7, 11) is 0. The SMILES string of the molecule is CCc1cc(-c2cccnc2Oc2cccc3c(=O)[nH]ccc23)ncn1. The standard InChI is InChI=1S/C20H16N4O2/c1-2-13-11-17(24-12-23-13)16-6-4-9-22-20(16)26-18-7-3-5-15-14(18)8-10-21-19(15)25/h3-12H,2H2,1H3,(H,21,25). The average molecular weight is 344 g/mol. The summed E-state index contributed by atoms with van der Waals surface area (Å²) in [6, 6.07) is 12.9. The van der Waals surface area contributed by atoms with Crippen LogP contribution in [-0.2, 0) is 6.42 Å². The lowest BCUT2D eigenvalue weighted by molar-refractivity contribution is 0.470. The van der Waals surface area contributed by atoms with Crippen molar-refractivity contribution in [3.05, 3.63) is 77.2 Å². The van der Waals surface area contributed by atoms with E-state index in [-0.39, 0.29) is 5.56 Å². The number of aromatic amines is 1. The van der Waals surface area contributed by atoms with Gasteiger partial charge in [0.2, 0.25) is 5.88 Å². The summed E-state index contributed by atoms with van der Waals surface area (Å²) in [5.74, 6) is 0.999. The topological polar surface area (TPSA) is 80.8 Å². The van der Waals surface area contributed by atoms with E-state index < -0.39 is 0 Å². The number of fused-ring (bicyclic) bond motifs is 1. The van der Waals surface area contributed by atoms with Gasteiger partial charge in [-0.05, 0) is 42.8 Å². The minimum Gasteiger partial charge on any atom is -0.438 e. The summed E-state index contributed by atoms with van der Waals surface area (Å²) in [5, 5.41) is 1.29. The molecule has 0 unspecified atom stereocenters. The highest BCUT2D eigenvalue weighted by molar-refractivity contribution is 5.87. The fourth-order valence-electron chi connectivity index (χ4n) is 2.79. The molecule has 0 atom stereocenters. The van der Waals surface area contributed by atoms with Crippen LogP contribution in [0.15, 0.2) is 66.0 Å². The van der Waals surface area contributed by atoms with Crippen LogP contribution in [0.5, 0.6) is 11.6 Å². The Morgan fingerprint density at radius 3 is 2.85 bits per heavy atom. The first kappa shape index (κ1) is 16.0. The van der Waals surface area contributed by atoms with Crippen LogP contribution in [0.4, 0.5) is 0 Å². The number of benzene rings is 1. The van der Waals surface area contributed by atoms with Crippen molar-refractivity contribution in [2.75, 3.05) is 0 Å². The Morgan fingerprint density at radius 1 is 1.04 bits per heavy atom. The number of nitrogens with zero attached hydrogens (tertiary/aromatic N) is 3. The van der Waals surface area contributed by atoms with Crippen molar-refractivity contribution >= 4 is 10.8 Å². The smallest absolute Gasteiger partial charge is 0.255 e. The maximum absolute atomic E-state index is 12.0. The molecule has 6 heteroatoms. The number of rotatable bonds is 4. The predicted octanol–water partition coefficient (Wildman–Crippen LogP) is 3.73. The van der Waals surface area contributed by atoms with Crippen LogP contribution in [0, 0.1) is 0 Å².